The third-order valence-corrected chi connectivity index (χ3v) is 6.38. The van der Waals surface area contributed by atoms with Crippen LogP contribution in [-0.2, 0) is 13.0 Å². The van der Waals surface area contributed by atoms with E-state index in [-0.39, 0.29) is 11.9 Å². The highest BCUT2D eigenvalue weighted by Crippen LogP contribution is 2.27. The summed E-state index contributed by atoms with van der Waals surface area (Å²) in [5.41, 5.74) is 4.32. The number of H-pyrrole nitrogens is 1. The number of aromatic amines is 1. The van der Waals surface area contributed by atoms with Crippen molar-refractivity contribution in [2.75, 3.05) is 14.2 Å². The van der Waals surface area contributed by atoms with Gasteiger partial charge < -0.3 is 20.1 Å². The number of aliphatic hydroxyl groups is 1. The highest BCUT2D eigenvalue weighted by atomic mass is 16.5. The van der Waals surface area contributed by atoms with E-state index in [0.717, 1.165) is 30.5 Å². The molecule has 1 aromatic heterocycles. The number of carbonyl (C=O) groups is 1. The second-order valence-electron chi connectivity index (χ2n) is 8.79. The zero-order valence-corrected chi connectivity index (χ0v) is 19.4. The third-order valence-electron chi connectivity index (χ3n) is 6.38. The molecule has 1 fully saturated rings. The molecular weight excluding hydrogens is 416 g/mol. The second-order valence-corrected chi connectivity index (χ2v) is 8.79. The largest absolute Gasteiger partial charge is 0.493 e. The smallest absolute Gasteiger partial charge is 0.253 e. The summed E-state index contributed by atoms with van der Waals surface area (Å²) >= 11 is 0. The van der Waals surface area contributed by atoms with E-state index in [1.807, 2.05) is 61.5 Å². The number of amides is 1. The highest BCUT2D eigenvalue weighted by molar-refractivity contribution is 5.94. The molecule has 4 rings (SSSR count). The number of benzene rings is 2. The number of methoxy groups -OCH3 is 1. The summed E-state index contributed by atoms with van der Waals surface area (Å²) in [5.74, 6) is 0.624. The lowest BCUT2D eigenvalue weighted by Gasteiger charge is -2.20. The molecule has 1 amide bonds. The van der Waals surface area contributed by atoms with Gasteiger partial charge in [0.05, 0.1) is 25.5 Å². The monoisotopic (exact) mass is 448 g/mol. The maximum atomic E-state index is 12.9. The number of ether oxygens (including phenoxy) is 1. The Hall–Kier alpha value is -3.16. The first-order valence-electron chi connectivity index (χ1n) is 11.4. The first kappa shape index (κ1) is 23.0. The number of aryl methyl sites for hydroxylation is 1. The minimum Gasteiger partial charge on any atom is -0.493 e. The molecule has 0 bridgehead atoms. The summed E-state index contributed by atoms with van der Waals surface area (Å²) < 4.78 is 5.38. The van der Waals surface area contributed by atoms with Crippen LogP contribution in [0, 0.1) is 6.92 Å². The molecule has 0 aliphatic carbocycles. The van der Waals surface area contributed by atoms with Crippen LogP contribution in [0.3, 0.4) is 0 Å². The van der Waals surface area contributed by atoms with E-state index in [4.69, 9.17) is 4.74 Å². The van der Waals surface area contributed by atoms with Crippen molar-refractivity contribution >= 4 is 5.91 Å². The van der Waals surface area contributed by atoms with Gasteiger partial charge in [-0.05, 0) is 49.4 Å². The molecule has 0 saturated carbocycles. The first-order chi connectivity index (χ1) is 16.0. The Bertz CT molecular complexity index is 1060. The number of nitrogens with zero attached hydrogens (tertiary/aromatic N) is 2. The van der Waals surface area contributed by atoms with Crippen LogP contribution >= 0.6 is 0 Å². The maximum absolute atomic E-state index is 12.9. The molecule has 3 aromatic rings. The van der Waals surface area contributed by atoms with Gasteiger partial charge in [0.25, 0.3) is 5.91 Å². The molecule has 0 spiro atoms. The van der Waals surface area contributed by atoms with Gasteiger partial charge in [-0.3, -0.25) is 9.89 Å². The first-order valence-corrected chi connectivity index (χ1v) is 11.4. The lowest BCUT2D eigenvalue weighted by molar-refractivity contribution is 0.0782. The predicted molar refractivity (Wildman–Crippen MR) is 127 cm³/mol. The van der Waals surface area contributed by atoms with Crippen LogP contribution in [-0.4, -0.2) is 52.4 Å². The number of rotatable bonds is 8. The van der Waals surface area contributed by atoms with Crippen LogP contribution in [0.4, 0.5) is 0 Å². The number of aromatic nitrogens is 2. The van der Waals surface area contributed by atoms with Crippen molar-refractivity contribution in [2.24, 2.45) is 0 Å². The Morgan fingerprint density at radius 2 is 1.91 bits per heavy atom. The fraction of sp³-hybridized carbons (Fsp3) is 0.385. The SMILES string of the molecule is COc1c(CN(C)C(=O)c2ccc(C[C@@H]3CC[C@H]([C@H](O)c4ccccc4)N3)cc2)n[nH]c1C. The Kier molecular flexibility index (Phi) is 7.11. The zero-order valence-electron chi connectivity index (χ0n) is 19.4. The Labute approximate surface area is 194 Å². The topological polar surface area (TPSA) is 90.5 Å². The summed E-state index contributed by atoms with van der Waals surface area (Å²) in [7, 11) is 3.37. The fourth-order valence-electron chi connectivity index (χ4n) is 4.57. The van der Waals surface area contributed by atoms with Gasteiger partial charge in [0, 0.05) is 24.7 Å². The lowest BCUT2D eigenvalue weighted by atomic mass is 10.0. The molecule has 33 heavy (non-hydrogen) atoms. The van der Waals surface area contributed by atoms with Crippen molar-refractivity contribution in [3.8, 4) is 5.75 Å². The van der Waals surface area contributed by atoms with E-state index >= 15 is 0 Å². The van der Waals surface area contributed by atoms with Crippen molar-refractivity contribution in [2.45, 2.75) is 50.9 Å². The van der Waals surface area contributed by atoms with Gasteiger partial charge in [0.1, 0.15) is 5.69 Å². The Morgan fingerprint density at radius 3 is 2.61 bits per heavy atom. The van der Waals surface area contributed by atoms with Gasteiger partial charge in [-0.1, -0.05) is 42.5 Å². The molecule has 3 atom stereocenters. The fourth-order valence-corrected chi connectivity index (χ4v) is 4.57. The van der Waals surface area contributed by atoms with Gasteiger partial charge >= 0.3 is 0 Å². The Balaban J connectivity index is 1.32. The molecule has 2 heterocycles. The number of aliphatic hydroxyl groups excluding tert-OH is 1. The number of nitrogens with one attached hydrogen (secondary N) is 2. The van der Waals surface area contributed by atoms with Gasteiger partial charge in [-0.2, -0.15) is 5.10 Å². The number of carbonyl (C=O) groups excluding carboxylic acids is 1. The highest BCUT2D eigenvalue weighted by Gasteiger charge is 2.30. The van der Waals surface area contributed by atoms with Crippen molar-refractivity contribution in [1.82, 2.24) is 20.4 Å². The van der Waals surface area contributed by atoms with Crippen molar-refractivity contribution < 1.29 is 14.6 Å². The molecule has 0 radical (unpaired) electrons. The minimum atomic E-state index is -0.497. The molecular formula is C26H32N4O3. The second kappa shape index (κ2) is 10.2. The van der Waals surface area contributed by atoms with Crippen LogP contribution in [0.15, 0.2) is 54.6 Å². The standard InChI is InChI=1S/C26H32N4O3/c1-17-25(33-3)23(29-28-17)16-30(2)26(32)20-11-9-18(10-12-20)15-21-13-14-22(27-21)24(31)19-7-5-4-6-8-19/h4-12,21-22,24,27,31H,13-16H2,1-3H3,(H,28,29)/t21-,22+,24+/m0/s1. The van der Waals surface area contributed by atoms with Crippen LogP contribution in [0.25, 0.3) is 0 Å². The maximum Gasteiger partial charge on any atom is 0.253 e. The number of hydrogen-bond acceptors (Lipinski definition) is 5. The molecule has 1 aliphatic rings. The van der Waals surface area contributed by atoms with E-state index in [9.17, 15) is 9.90 Å². The summed E-state index contributed by atoms with van der Waals surface area (Å²) in [6.45, 7) is 2.25. The van der Waals surface area contributed by atoms with Crippen molar-refractivity contribution in [3.05, 3.63) is 82.7 Å². The van der Waals surface area contributed by atoms with E-state index in [0.29, 0.717) is 29.6 Å². The summed E-state index contributed by atoms with van der Waals surface area (Å²) in [4.78, 5) is 14.5. The van der Waals surface area contributed by atoms with Crippen molar-refractivity contribution in [3.63, 3.8) is 0 Å². The summed E-state index contributed by atoms with van der Waals surface area (Å²) in [5, 5.41) is 21.4. The van der Waals surface area contributed by atoms with Gasteiger partial charge in [0.2, 0.25) is 0 Å². The quantitative estimate of drug-likeness (QED) is 0.491. The molecule has 3 N–H and O–H groups in total. The van der Waals surface area contributed by atoms with Crippen molar-refractivity contribution in [1.29, 1.82) is 0 Å². The minimum absolute atomic E-state index is 0.0608. The van der Waals surface area contributed by atoms with Gasteiger partial charge in [-0.15, -0.1) is 0 Å². The molecule has 7 nitrogen and oxygen atoms in total. The van der Waals surface area contributed by atoms with Crippen LogP contribution in [0.2, 0.25) is 0 Å². The predicted octanol–water partition coefficient (Wildman–Crippen LogP) is 3.40. The van der Waals surface area contributed by atoms with Crippen LogP contribution < -0.4 is 10.1 Å². The molecule has 1 saturated heterocycles. The van der Waals surface area contributed by atoms with E-state index in [1.54, 1.807) is 19.1 Å². The van der Waals surface area contributed by atoms with E-state index in [2.05, 4.69) is 15.5 Å². The summed E-state index contributed by atoms with van der Waals surface area (Å²) in [6.07, 6.45) is 2.33. The van der Waals surface area contributed by atoms with Gasteiger partial charge in [-0.25, -0.2) is 0 Å². The average molecular weight is 449 g/mol. The summed E-state index contributed by atoms with van der Waals surface area (Å²) in [6, 6.07) is 18.0. The van der Waals surface area contributed by atoms with Crippen LogP contribution in [0.5, 0.6) is 5.75 Å². The molecule has 2 aromatic carbocycles. The number of hydrogen-bond donors (Lipinski definition) is 3. The Morgan fingerprint density at radius 1 is 1.18 bits per heavy atom. The molecule has 0 unspecified atom stereocenters. The van der Waals surface area contributed by atoms with E-state index in [1.165, 1.54) is 5.56 Å². The molecule has 174 valence electrons. The van der Waals surface area contributed by atoms with Crippen LogP contribution in [0.1, 0.15) is 51.8 Å². The normalized spacial score (nSPS) is 18.8. The lowest BCUT2D eigenvalue weighted by Crippen LogP contribution is -2.35. The third kappa shape index (κ3) is 5.26. The van der Waals surface area contributed by atoms with Gasteiger partial charge in [0.15, 0.2) is 5.75 Å². The zero-order chi connectivity index (χ0) is 23.4. The molecule has 7 heteroatoms. The average Bonchev–Trinajstić information content (AvgIpc) is 3.45. The van der Waals surface area contributed by atoms with E-state index < -0.39 is 6.10 Å². The molecule has 1 aliphatic heterocycles.